The number of benzene rings is 2. The number of ether oxygens (including phenoxy) is 2. The number of para-hydroxylation sites is 1. The van der Waals surface area contributed by atoms with E-state index in [0.717, 1.165) is 23.9 Å². The van der Waals surface area contributed by atoms with Crippen LogP contribution < -0.4 is 9.47 Å². The van der Waals surface area contributed by atoms with Gasteiger partial charge in [0.2, 0.25) is 5.88 Å². The van der Waals surface area contributed by atoms with Crippen LogP contribution in [0.5, 0.6) is 17.4 Å². The van der Waals surface area contributed by atoms with Crippen LogP contribution in [0.3, 0.4) is 0 Å². The van der Waals surface area contributed by atoms with Crippen LogP contribution >= 0.6 is 0 Å². The summed E-state index contributed by atoms with van der Waals surface area (Å²) in [6.07, 6.45) is 3.55. The average molecular weight is 491 g/mol. The number of azo groups is 1. The summed E-state index contributed by atoms with van der Waals surface area (Å²) >= 11 is 0. The minimum absolute atomic E-state index is 0.0229. The first kappa shape index (κ1) is 24.3. The molecule has 36 heavy (non-hydrogen) atoms. The van der Waals surface area contributed by atoms with Crippen molar-refractivity contribution in [3.63, 3.8) is 0 Å². The van der Waals surface area contributed by atoms with E-state index < -0.39 is 5.91 Å². The maximum atomic E-state index is 12.4. The van der Waals surface area contributed by atoms with E-state index in [2.05, 4.69) is 35.9 Å². The summed E-state index contributed by atoms with van der Waals surface area (Å²) in [4.78, 5) is 14.8. The van der Waals surface area contributed by atoms with Crippen molar-refractivity contribution in [2.75, 3.05) is 20.3 Å². The van der Waals surface area contributed by atoms with Crippen molar-refractivity contribution in [3.05, 3.63) is 48.5 Å². The standard InChI is InChI=1S/C28H34N4O4/c1-27(2)13-19-14-28(3,16-27)17-31(19)18-32-23-8-6-5-7-22(23)25(26(32)34)30-29-24(33)15-36-21-11-9-20(35-4)10-12-21/h5-12,19,34H,13-18H2,1-4H3/t19-,28-/m0/s1. The molecule has 2 atom stereocenters. The molecule has 1 aliphatic carbocycles. The highest BCUT2D eigenvalue weighted by Crippen LogP contribution is 2.53. The highest BCUT2D eigenvalue weighted by Gasteiger charge is 2.49. The van der Waals surface area contributed by atoms with Gasteiger partial charge in [0.05, 0.1) is 19.3 Å². The van der Waals surface area contributed by atoms with Gasteiger partial charge in [-0.2, -0.15) is 0 Å². The van der Waals surface area contributed by atoms with Crippen LogP contribution in [0.4, 0.5) is 5.69 Å². The lowest BCUT2D eigenvalue weighted by Gasteiger charge is -2.40. The third-order valence-electron chi connectivity index (χ3n) is 7.45. The minimum Gasteiger partial charge on any atom is -0.497 e. The topological polar surface area (TPSA) is 88.6 Å². The van der Waals surface area contributed by atoms with Crippen LogP contribution in [0, 0.1) is 10.8 Å². The lowest BCUT2D eigenvalue weighted by atomic mass is 9.65. The Labute approximate surface area is 211 Å². The first-order valence-corrected chi connectivity index (χ1v) is 12.4. The molecule has 0 spiro atoms. The van der Waals surface area contributed by atoms with Crippen molar-refractivity contribution in [2.24, 2.45) is 21.1 Å². The third kappa shape index (κ3) is 4.82. The Hall–Kier alpha value is -3.39. The van der Waals surface area contributed by atoms with E-state index in [9.17, 15) is 9.90 Å². The fourth-order valence-corrected chi connectivity index (χ4v) is 6.39. The van der Waals surface area contributed by atoms with E-state index in [-0.39, 0.29) is 12.5 Å². The molecular weight excluding hydrogens is 456 g/mol. The number of nitrogens with zero attached hydrogens (tertiary/aromatic N) is 4. The molecule has 5 rings (SSSR count). The second-order valence-corrected chi connectivity index (χ2v) is 11.3. The normalized spacial score (nSPS) is 23.4. The summed E-state index contributed by atoms with van der Waals surface area (Å²) in [5.74, 6) is 0.724. The van der Waals surface area contributed by atoms with E-state index in [1.165, 1.54) is 12.8 Å². The minimum atomic E-state index is -0.537. The van der Waals surface area contributed by atoms with Gasteiger partial charge in [0.15, 0.2) is 12.3 Å². The summed E-state index contributed by atoms with van der Waals surface area (Å²) in [5, 5.41) is 19.9. The van der Waals surface area contributed by atoms with E-state index in [1.54, 1.807) is 31.4 Å². The number of hydrogen-bond acceptors (Lipinski definition) is 6. The number of methoxy groups -OCH3 is 1. The SMILES string of the molecule is COc1ccc(OCC(=O)N=Nc2c(O)n(CN3C[C@@]4(C)C[C@@H]3CC(C)(C)C4)c3ccccc23)cc1. The molecule has 190 valence electrons. The van der Waals surface area contributed by atoms with Gasteiger partial charge in [0.25, 0.3) is 0 Å². The van der Waals surface area contributed by atoms with E-state index in [0.29, 0.717) is 40.7 Å². The maximum absolute atomic E-state index is 12.4. The molecule has 3 aromatic rings. The van der Waals surface area contributed by atoms with Gasteiger partial charge in [0, 0.05) is 18.0 Å². The van der Waals surface area contributed by atoms with Crippen molar-refractivity contribution in [3.8, 4) is 17.4 Å². The molecule has 8 heteroatoms. The van der Waals surface area contributed by atoms with Crippen molar-refractivity contribution in [2.45, 2.75) is 52.7 Å². The van der Waals surface area contributed by atoms with Crippen molar-refractivity contribution >= 4 is 22.5 Å². The zero-order valence-electron chi connectivity index (χ0n) is 21.4. The Kier molecular flexibility index (Phi) is 6.24. The quantitative estimate of drug-likeness (QED) is 0.416. The molecule has 2 aromatic carbocycles. The molecular formula is C28H34N4O4. The van der Waals surface area contributed by atoms with Crippen LogP contribution in [0.15, 0.2) is 58.8 Å². The number of fused-ring (bicyclic) bond motifs is 3. The molecule has 1 aromatic heterocycles. The number of carbonyl (C=O) groups is 1. The molecule has 8 nitrogen and oxygen atoms in total. The Morgan fingerprint density at radius 2 is 1.81 bits per heavy atom. The molecule has 1 N–H and O–H groups in total. The second kappa shape index (κ2) is 9.24. The summed E-state index contributed by atoms with van der Waals surface area (Å²) in [6, 6.07) is 15.1. The number of rotatable bonds is 7. The zero-order valence-corrected chi connectivity index (χ0v) is 21.4. The fourth-order valence-electron chi connectivity index (χ4n) is 6.39. The first-order chi connectivity index (χ1) is 17.2. The lowest BCUT2D eigenvalue weighted by Crippen LogP contribution is -2.35. The summed E-state index contributed by atoms with van der Waals surface area (Å²) in [5.41, 5.74) is 1.79. The second-order valence-electron chi connectivity index (χ2n) is 11.3. The monoisotopic (exact) mass is 490 g/mol. The predicted octanol–water partition coefficient (Wildman–Crippen LogP) is 5.90. The molecule has 1 aliphatic heterocycles. The van der Waals surface area contributed by atoms with Gasteiger partial charge in [-0.15, -0.1) is 10.2 Å². The maximum Gasteiger partial charge on any atom is 0.302 e. The number of aromatic nitrogens is 1. The van der Waals surface area contributed by atoms with Crippen molar-refractivity contribution in [1.82, 2.24) is 9.47 Å². The number of aromatic hydroxyl groups is 1. The number of hydrogen-bond donors (Lipinski definition) is 1. The van der Waals surface area contributed by atoms with E-state index in [4.69, 9.17) is 9.47 Å². The van der Waals surface area contributed by atoms with Gasteiger partial charge in [-0.05, 0) is 60.4 Å². The fraction of sp³-hybridized carbons (Fsp3) is 0.464. The predicted molar refractivity (Wildman–Crippen MR) is 138 cm³/mol. The van der Waals surface area contributed by atoms with Crippen molar-refractivity contribution < 1.29 is 19.4 Å². The average Bonchev–Trinajstić information content (AvgIpc) is 3.24. The van der Waals surface area contributed by atoms with Crippen molar-refractivity contribution in [1.29, 1.82) is 0 Å². The summed E-state index contributed by atoms with van der Waals surface area (Å²) in [7, 11) is 1.59. The molecule has 2 heterocycles. The van der Waals surface area contributed by atoms with Crippen LogP contribution in [-0.2, 0) is 11.5 Å². The molecule has 2 aliphatic rings. The van der Waals surface area contributed by atoms with E-state index in [1.807, 2.05) is 28.8 Å². The summed E-state index contributed by atoms with van der Waals surface area (Å²) in [6.45, 7) is 8.43. The van der Waals surface area contributed by atoms with E-state index >= 15 is 0 Å². The molecule has 0 unspecified atom stereocenters. The van der Waals surface area contributed by atoms with Gasteiger partial charge in [-0.1, -0.05) is 39.0 Å². The highest BCUT2D eigenvalue weighted by atomic mass is 16.5. The van der Waals surface area contributed by atoms with Gasteiger partial charge in [-0.25, -0.2) is 0 Å². The third-order valence-corrected chi connectivity index (χ3v) is 7.45. The Morgan fingerprint density at radius 3 is 2.56 bits per heavy atom. The Morgan fingerprint density at radius 1 is 1.08 bits per heavy atom. The number of amides is 1. The van der Waals surface area contributed by atoms with Gasteiger partial charge in [0.1, 0.15) is 11.5 Å². The number of carbonyl (C=O) groups excluding carboxylic acids is 1. The Bertz CT molecular complexity index is 1300. The lowest BCUT2D eigenvalue weighted by molar-refractivity contribution is -0.120. The van der Waals surface area contributed by atoms with Gasteiger partial charge >= 0.3 is 5.91 Å². The van der Waals surface area contributed by atoms with Crippen LogP contribution in [-0.4, -0.2) is 46.8 Å². The first-order valence-electron chi connectivity index (χ1n) is 12.4. The molecule has 0 radical (unpaired) electrons. The highest BCUT2D eigenvalue weighted by molar-refractivity contribution is 5.95. The molecule has 2 fully saturated rings. The van der Waals surface area contributed by atoms with Gasteiger partial charge in [-0.3, -0.25) is 14.3 Å². The van der Waals surface area contributed by atoms with Crippen LogP contribution in [0.25, 0.3) is 10.9 Å². The number of likely N-dealkylation sites (tertiary alicyclic amines) is 1. The largest absolute Gasteiger partial charge is 0.497 e. The zero-order chi connectivity index (χ0) is 25.5. The van der Waals surface area contributed by atoms with Crippen LogP contribution in [0.2, 0.25) is 0 Å². The Balaban J connectivity index is 1.33. The molecule has 2 bridgehead atoms. The molecule has 1 saturated carbocycles. The molecule has 1 saturated heterocycles. The molecule has 1 amide bonds. The smallest absolute Gasteiger partial charge is 0.302 e. The summed E-state index contributed by atoms with van der Waals surface area (Å²) < 4.78 is 12.5. The van der Waals surface area contributed by atoms with Crippen LogP contribution in [0.1, 0.15) is 40.0 Å². The van der Waals surface area contributed by atoms with Gasteiger partial charge < -0.3 is 14.6 Å².